The molecule has 0 spiro atoms. The molecule has 0 unspecified atom stereocenters. The molecule has 1 heterocycles. The average Bonchev–Trinajstić information content (AvgIpc) is 3.45. The second kappa shape index (κ2) is 18.2. The Morgan fingerprint density at radius 1 is 0.902 bits per heavy atom. The lowest BCUT2D eigenvalue weighted by atomic mass is 9.85. The van der Waals surface area contributed by atoms with E-state index in [1.54, 1.807) is 11.8 Å². The van der Waals surface area contributed by atoms with Crippen LogP contribution in [0.15, 0.2) is 54.1 Å². The largest absolute Gasteiger partial charge is 0.493 e. The lowest BCUT2D eigenvalue weighted by Gasteiger charge is -2.24. The van der Waals surface area contributed by atoms with Crippen molar-refractivity contribution in [2.75, 3.05) is 17.8 Å². The highest BCUT2D eigenvalue weighted by atomic mass is 32.2. The number of carbonyl (C=O) groups is 1. The van der Waals surface area contributed by atoms with Gasteiger partial charge >= 0.3 is 0 Å². The molecule has 0 saturated heterocycles. The van der Waals surface area contributed by atoms with Gasteiger partial charge in [-0.3, -0.25) is 4.79 Å². The van der Waals surface area contributed by atoms with Crippen LogP contribution in [-0.2, 0) is 23.2 Å². The molecule has 1 aliphatic rings. The van der Waals surface area contributed by atoms with Gasteiger partial charge in [0.15, 0.2) is 0 Å². The van der Waals surface area contributed by atoms with E-state index < -0.39 is 0 Å². The third-order valence-electron chi connectivity index (χ3n) is 7.75. The monoisotopic (exact) mass is 578 g/mol. The highest BCUT2D eigenvalue weighted by molar-refractivity contribution is 8.02. The number of anilines is 1. The number of nitrogens with one attached hydrogen (secondary N) is 1. The second-order valence-corrected chi connectivity index (χ2v) is 13.4. The molecule has 0 aliphatic carbocycles. The van der Waals surface area contributed by atoms with Crippen LogP contribution in [0.5, 0.6) is 5.75 Å². The van der Waals surface area contributed by atoms with E-state index in [1.807, 2.05) is 24.3 Å². The van der Waals surface area contributed by atoms with E-state index in [4.69, 9.17) is 4.74 Å². The third kappa shape index (κ3) is 12.6. The van der Waals surface area contributed by atoms with Crippen molar-refractivity contribution in [3.05, 3.63) is 70.8 Å². The SMILES string of the molecule is CCCCCCCCCCCCCCOc1ccc(CC(=O)Nc2ccccc2CN2C=CSC2)cc1C(C)(C)C. The molecule has 1 amide bonds. The number of rotatable bonds is 19. The van der Waals surface area contributed by atoms with Crippen LogP contribution < -0.4 is 10.1 Å². The molecule has 0 aromatic heterocycles. The van der Waals surface area contributed by atoms with Crippen molar-refractivity contribution in [2.45, 2.75) is 123 Å². The van der Waals surface area contributed by atoms with E-state index in [0.717, 1.165) is 48.0 Å². The Kier molecular flexibility index (Phi) is 14.7. The van der Waals surface area contributed by atoms with Gasteiger partial charge in [0.1, 0.15) is 5.75 Å². The summed E-state index contributed by atoms with van der Waals surface area (Å²) in [4.78, 5) is 15.3. The first-order valence-electron chi connectivity index (χ1n) is 16.0. The Morgan fingerprint density at radius 3 is 2.20 bits per heavy atom. The number of benzene rings is 2. The smallest absolute Gasteiger partial charge is 0.228 e. The van der Waals surface area contributed by atoms with Gasteiger partial charge in [-0.05, 0) is 46.1 Å². The highest BCUT2D eigenvalue weighted by Crippen LogP contribution is 2.33. The molecule has 1 aliphatic heterocycles. The second-order valence-electron chi connectivity index (χ2n) is 12.5. The molecular weight excluding hydrogens is 524 g/mol. The van der Waals surface area contributed by atoms with E-state index in [2.05, 4.69) is 67.7 Å². The molecule has 0 radical (unpaired) electrons. The van der Waals surface area contributed by atoms with Gasteiger partial charge < -0.3 is 15.0 Å². The van der Waals surface area contributed by atoms with Crippen LogP contribution >= 0.6 is 11.8 Å². The number of unbranched alkanes of at least 4 members (excludes halogenated alkanes) is 11. The Morgan fingerprint density at radius 2 is 1.56 bits per heavy atom. The number of amides is 1. The van der Waals surface area contributed by atoms with Gasteiger partial charge in [0.2, 0.25) is 5.91 Å². The summed E-state index contributed by atoms with van der Waals surface area (Å²) in [6.07, 6.45) is 18.6. The topological polar surface area (TPSA) is 41.6 Å². The molecule has 0 saturated carbocycles. The quantitative estimate of drug-likeness (QED) is 0.168. The summed E-state index contributed by atoms with van der Waals surface area (Å²) in [6.45, 7) is 10.5. The van der Waals surface area contributed by atoms with Crippen LogP contribution in [0.2, 0.25) is 0 Å². The molecule has 3 rings (SSSR count). The fourth-order valence-corrected chi connectivity index (χ4v) is 6.03. The van der Waals surface area contributed by atoms with E-state index in [-0.39, 0.29) is 11.3 Å². The minimum atomic E-state index is -0.0633. The van der Waals surface area contributed by atoms with Crippen molar-refractivity contribution in [1.82, 2.24) is 4.90 Å². The molecule has 226 valence electrons. The number of thioether (sulfide) groups is 1. The zero-order valence-corrected chi connectivity index (χ0v) is 27.0. The molecule has 2 aromatic carbocycles. The maximum absolute atomic E-state index is 13.1. The van der Waals surface area contributed by atoms with Crippen LogP contribution in [0, 0.1) is 0 Å². The van der Waals surface area contributed by atoms with Crippen LogP contribution in [0.4, 0.5) is 5.69 Å². The molecule has 1 N–H and O–H groups in total. The van der Waals surface area contributed by atoms with E-state index in [0.29, 0.717) is 6.42 Å². The van der Waals surface area contributed by atoms with Gasteiger partial charge in [-0.2, -0.15) is 0 Å². The molecule has 0 atom stereocenters. The molecule has 0 fully saturated rings. The Bertz CT molecular complexity index is 1080. The Labute approximate surface area is 254 Å². The Balaban J connectivity index is 1.42. The summed E-state index contributed by atoms with van der Waals surface area (Å²) in [5.74, 6) is 1.91. The molecular formula is C36H54N2O2S. The van der Waals surface area contributed by atoms with Crippen molar-refractivity contribution in [1.29, 1.82) is 0 Å². The number of hydrogen-bond acceptors (Lipinski definition) is 4. The minimum absolute atomic E-state index is 0.00816. The van der Waals surface area contributed by atoms with Crippen molar-refractivity contribution in [2.24, 2.45) is 0 Å². The van der Waals surface area contributed by atoms with Crippen molar-refractivity contribution < 1.29 is 9.53 Å². The van der Waals surface area contributed by atoms with Gasteiger partial charge in [0, 0.05) is 18.4 Å². The molecule has 4 nitrogen and oxygen atoms in total. The molecule has 41 heavy (non-hydrogen) atoms. The lowest BCUT2D eigenvalue weighted by Crippen LogP contribution is -2.19. The number of hydrogen-bond donors (Lipinski definition) is 1. The maximum Gasteiger partial charge on any atom is 0.228 e. The zero-order chi connectivity index (χ0) is 29.3. The summed E-state index contributed by atoms with van der Waals surface area (Å²) >= 11 is 1.79. The first kappa shape index (κ1) is 33.1. The van der Waals surface area contributed by atoms with Crippen LogP contribution in [0.25, 0.3) is 0 Å². The van der Waals surface area contributed by atoms with E-state index >= 15 is 0 Å². The standard InChI is InChI=1S/C36H54N2O2S/c1-5-6-7-8-9-10-11-12-13-14-15-18-24-40-34-22-21-30(26-32(34)36(2,3)4)27-35(39)37-33-20-17-16-19-31(33)28-38-23-25-41-29-38/h16-17,19-23,25-26H,5-15,18,24,27-29H2,1-4H3,(H,37,39). The predicted molar refractivity (Wildman–Crippen MR) is 178 cm³/mol. The summed E-state index contributed by atoms with van der Waals surface area (Å²) in [5.41, 5.74) is 4.14. The fourth-order valence-electron chi connectivity index (χ4n) is 5.31. The van der Waals surface area contributed by atoms with Crippen LogP contribution in [0.1, 0.15) is 121 Å². The van der Waals surface area contributed by atoms with Crippen molar-refractivity contribution >= 4 is 23.4 Å². The highest BCUT2D eigenvalue weighted by Gasteiger charge is 2.20. The predicted octanol–water partition coefficient (Wildman–Crippen LogP) is 10.2. The molecule has 0 bridgehead atoms. The number of para-hydroxylation sites is 1. The van der Waals surface area contributed by atoms with Gasteiger partial charge in [-0.25, -0.2) is 0 Å². The van der Waals surface area contributed by atoms with Crippen LogP contribution in [-0.4, -0.2) is 23.3 Å². The number of ether oxygens (including phenoxy) is 1. The minimum Gasteiger partial charge on any atom is -0.493 e. The van der Waals surface area contributed by atoms with Gasteiger partial charge in [0.05, 0.1) is 18.9 Å². The average molecular weight is 579 g/mol. The van der Waals surface area contributed by atoms with E-state index in [9.17, 15) is 4.79 Å². The van der Waals surface area contributed by atoms with E-state index in [1.165, 1.54) is 76.2 Å². The van der Waals surface area contributed by atoms with Gasteiger partial charge in [-0.15, -0.1) is 11.8 Å². The maximum atomic E-state index is 13.1. The zero-order valence-electron chi connectivity index (χ0n) is 26.2. The van der Waals surface area contributed by atoms with Crippen molar-refractivity contribution in [3.63, 3.8) is 0 Å². The summed E-state index contributed by atoms with van der Waals surface area (Å²) in [6, 6.07) is 14.4. The normalized spacial score (nSPS) is 13.1. The molecule has 5 heteroatoms. The molecule has 2 aromatic rings. The van der Waals surface area contributed by atoms with Crippen molar-refractivity contribution in [3.8, 4) is 5.75 Å². The van der Waals surface area contributed by atoms with Gasteiger partial charge in [-0.1, -0.05) is 129 Å². The third-order valence-corrected chi connectivity index (χ3v) is 8.54. The summed E-state index contributed by atoms with van der Waals surface area (Å²) in [5, 5.41) is 5.27. The van der Waals surface area contributed by atoms with Crippen LogP contribution in [0.3, 0.4) is 0 Å². The number of nitrogens with zero attached hydrogens (tertiary/aromatic N) is 1. The Hall–Kier alpha value is -2.40. The lowest BCUT2D eigenvalue weighted by molar-refractivity contribution is -0.115. The number of carbonyl (C=O) groups excluding carboxylic acids is 1. The first-order chi connectivity index (χ1) is 19.9. The van der Waals surface area contributed by atoms with Gasteiger partial charge in [0.25, 0.3) is 0 Å². The summed E-state index contributed by atoms with van der Waals surface area (Å²) < 4.78 is 6.28. The first-order valence-corrected chi connectivity index (χ1v) is 17.1. The fraction of sp³-hybridized carbons (Fsp3) is 0.583. The summed E-state index contributed by atoms with van der Waals surface area (Å²) in [7, 11) is 0.